The van der Waals surface area contributed by atoms with Crippen LogP contribution in [0.25, 0.3) is 0 Å². The zero-order valence-corrected chi connectivity index (χ0v) is 13.8. The minimum atomic E-state index is -0.707. The molecule has 0 bridgehead atoms. The molecule has 0 spiro atoms. The highest BCUT2D eigenvalue weighted by Gasteiger charge is 2.27. The number of pyridine rings is 1. The predicted molar refractivity (Wildman–Crippen MR) is 87.3 cm³/mol. The minimum Gasteiger partial charge on any atom is -0.476 e. The topological polar surface area (TPSA) is 83.6 Å². The first kappa shape index (κ1) is 17.2. The van der Waals surface area contributed by atoms with Gasteiger partial charge in [0.15, 0.2) is 0 Å². The number of carbonyl (C=O) groups excluding carboxylic acids is 2. The van der Waals surface area contributed by atoms with Gasteiger partial charge in [0.2, 0.25) is 5.88 Å². The van der Waals surface area contributed by atoms with Crippen LogP contribution < -0.4 is 15.4 Å². The number of aromatic nitrogens is 1. The average molecular weight is 320 g/mol. The van der Waals surface area contributed by atoms with E-state index in [1.165, 1.54) is 0 Å². The van der Waals surface area contributed by atoms with Gasteiger partial charge in [-0.3, -0.25) is 14.5 Å². The Hall–Kier alpha value is -2.15. The standard InChI is InChI=1S/C16H24N4O3/c1-4-23-16-13(6-5-8-17-16)19-15(22)14(21)18-12-7-9-20(10-12)11(2)3/h5-6,8,11-12H,4,7,9-10H2,1-3H3,(H,18,21)(H,19,22). The van der Waals surface area contributed by atoms with E-state index in [9.17, 15) is 9.59 Å². The summed E-state index contributed by atoms with van der Waals surface area (Å²) in [5.41, 5.74) is 0.393. The van der Waals surface area contributed by atoms with Gasteiger partial charge < -0.3 is 15.4 Å². The third-order valence-electron chi connectivity index (χ3n) is 3.79. The number of ether oxygens (including phenoxy) is 1. The van der Waals surface area contributed by atoms with E-state index < -0.39 is 11.8 Å². The van der Waals surface area contributed by atoms with Gasteiger partial charge in [0.25, 0.3) is 0 Å². The second-order valence-corrected chi connectivity index (χ2v) is 5.79. The first-order valence-corrected chi connectivity index (χ1v) is 7.95. The third-order valence-corrected chi connectivity index (χ3v) is 3.79. The molecule has 7 heteroatoms. The molecule has 1 fully saturated rings. The number of anilines is 1. The molecule has 0 saturated carbocycles. The largest absolute Gasteiger partial charge is 0.476 e. The van der Waals surface area contributed by atoms with Crippen LogP contribution >= 0.6 is 0 Å². The molecule has 0 aliphatic carbocycles. The summed E-state index contributed by atoms with van der Waals surface area (Å²) in [7, 11) is 0. The summed E-state index contributed by atoms with van der Waals surface area (Å²) in [6, 6.07) is 3.78. The molecule has 0 radical (unpaired) electrons. The highest BCUT2D eigenvalue weighted by molar-refractivity contribution is 6.39. The quantitative estimate of drug-likeness (QED) is 0.791. The molecular weight excluding hydrogens is 296 g/mol. The molecule has 126 valence electrons. The van der Waals surface area contributed by atoms with E-state index in [1.807, 2.05) is 6.92 Å². The lowest BCUT2D eigenvalue weighted by Crippen LogP contribution is -2.43. The second kappa shape index (κ2) is 7.92. The zero-order valence-electron chi connectivity index (χ0n) is 13.8. The van der Waals surface area contributed by atoms with Crippen molar-refractivity contribution < 1.29 is 14.3 Å². The van der Waals surface area contributed by atoms with Crippen molar-refractivity contribution in [2.75, 3.05) is 25.0 Å². The van der Waals surface area contributed by atoms with E-state index in [2.05, 4.69) is 34.4 Å². The van der Waals surface area contributed by atoms with Crippen molar-refractivity contribution in [1.29, 1.82) is 0 Å². The molecule has 1 saturated heterocycles. The second-order valence-electron chi connectivity index (χ2n) is 5.79. The van der Waals surface area contributed by atoms with Crippen LogP contribution in [0, 0.1) is 0 Å². The summed E-state index contributed by atoms with van der Waals surface area (Å²) in [5.74, 6) is -1.03. The van der Waals surface area contributed by atoms with Crippen LogP contribution in [0.4, 0.5) is 5.69 Å². The van der Waals surface area contributed by atoms with Crippen LogP contribution in [-0.2, 0) is 9.59 Å². The lowest BCUT2D eigenvalue weighted by molar-refractivity contribution is -0.136. The Balaban J connectivity index is 1.90. The number of nitrogens with one attached hydrogen (secondary N) is 2. The molecule has 2 heterocycles. The molecule has 1 aliphatic heterocycles. The highest BCUT2D eigenvalue weighted by atomic mass is 16.5. The van der Waals surface area contributed by atoms with E-state index >= 15 is 0 Å². The molecule has 1 atom stereocenters. The third kappa shape index (κ3) is 4.66. The first-order valence-electron chi connectivity index (χ1n) is 7.95. The Morgan fingerprint density at radius 1 is 1.43 bits per heavy atom. The summed E-state index contributed by atoms with van der Waals surface area (Å²) in [6.45, 7) is 8.20. The molecule has 2 N–H and O–H groups in total. The van der Waals surface area contributed by atoms with Gasteiger partial charge in [-0.1, -0.05) is 0 Å². The number of rotatable bonds is 5. The summed E-state index contributed by atoms with van der Waals surface area (Å²) >= 11 is 0. The van der Waals surface area contributed by atoms with Gasteiger partial charge in [0.1, 0.15) is 5.69 Å². The van der Waals surface area contributed by atoms with Gasteiger partial charge in [-0.25, -0.2) is 4.98 Å². The molecule has 2 amide bonds. The van der Waals surface area contributed by atoms with Crippen molar-refractivity contribution in [2.45, 2.75) is 39.3 Å². The molecular formula is C16H24N4O3. The van der Waals surface area contributed by atoms with Gasteiger partial charge in [0, 0.05) is 31.4 Å². The Morgan fingerprint density at radius 2 is 2.22 bits per heavy atom. The molecule has 2 rings (SSSR count). The van der Waals surface area contributed by atoms with Crippen LogP contribution in [-0.4, -0.2) is 53.5 Å². The van der Waals surface area contributed by atoms with Gasteiger partial charge in [0.05, 0.1) is 6.61 Å². The maximum atomic E-state index is 12.1. The number of hydrogen-bond donors (Lipinski definition) is 2. The van der Waals surface area contributed by atoms with E-state index in [0.29, 0.717) is 24.2 Å². The van der Waals surface area contributed by atoms with Crippen molar-refractivity contribution in [3.8, 4) is 5.88 Å². The van der Waals surface area contributed by atoms with Gasteiger partial charge >= 0.3 is 11.8 Å². The van der Waals surface area contributed by atoms with E-state index in [-0.39, 0.29) is 6.04 Å². The Labute approximate surface area is 136 Å². The molecule has 23 heavy (non-hydrogen) atoms. The smallest absolute Gasteiger partial charge is 0.313 e. The lowest BCUT2D eigenvalue weighted by Gasteiger charge is -2.20. The van der Waals surface area contributed by atoms with E-state index in [0.717, 1.165) is 19.5 Å². The SMILES string of the molecule is CCOc1ncccc1NC(=O)C(=O)NC1CCN(C(C)C)C1. The Morgan fingerprint density at radius 3 is 2.87 bits per heavy atom. The summed E-state index contributed by atoms with van der Waals surface area (Å²) < 4.78 is 5.33. The fourth-order valence-electron chi connectivity index (χ4n) is 2.54. The molecule has 0 aromatic carbocycles. The molecule has 1 unspecified atom stereocenters. The monoisotopic (exact) mass is 320 g/mol. The zero-order chi connectivity index (χ0) is 16.8. The normalized spacial score (nSPS) is 18.0. The number of likely N-dealkylation sites (tertiary alicyclic amines) is 1. The molecule has 1 aromatic heterocycles. The van der Waals surface area contributed by atoms with Crippen LogP contribution in [0.15, 0.2) is 18.3 Å². The van der Waals surface area contributed by atoms with E-state index in [4.69, 9.17) is 4.74 Å². The van der Waals surface area contributed by atoms with E-state index in [1.54, 1.807) is 18.3 Å². The minimum absolute atomic E-state index is 0.0101. The van der Waals surface area contributed by atoms with Crippen LogP contribution in [0.5, 0.6) is 5.88 Å². The number of hydrogen-bond acceptors (Lipinski definition) is 5. The van der Waals surface area contributed by atoms with Crippen LogP contribution in [0.3, 0.4) is 0 Å². The molecule has 1 aromatic rings. The lowest BCUT2D eigenvalue weighted by atomic mass is 10.2. The molecule has 1 aliphatic rings. The highest BCUT2D eigenvalue weighted by Crippen LogP contribution is 2.20. The Kier molecular flexibility index (Phi) is 5.92. The van der Waals surface area contributed by atoms with Gasteiger partial charge in [-0.05, 0) is 39.3 Å². The maximum absolute atomic E-state index is 12.1. The summed E-state index contributed by atoms with van der Waals surface area (Å²) in [4.78, 5) is 30.4. The number of amides is 2. The Bertz CT molecular complexity index is 562. The first-order chi connectivity index (χ1) is 11.0. The molecule has 7 nitrogen and oxygen atoms in total. The van der Waals surface area contributed by atoms with Crippen LogP contribution in [0.1, 0.15) is 27.2 Å². The maximum Gasteiger partial charge on any atom is 0.313 e. The fraction of sp³-hybridized carbons (Fsp3) is 0.562. The predicted octanol–water partition coefficient (Wildman–Crippen LogP) is 1.02. The average Bonchev–Trinajstić information content (AvgIpc) is 2.98. The fourth-order valence-corrected chi connectivity index (χ4v) is 2.54. The summed E-state index contributed by atoms with van der Waals surface area (Å²) in [5, 5.41) is 5.33. The van der Waals surface area contributed by atoms with Crippen molar-refractivity contribution >= 4 is 17.5 Å². The van der Waals surface area contributed by atoms with Gasteiger partial charge in [-0.2, -0.15) is 0 Å². The van der Waals surface area contributed by atoms with Gasteiger partial charge in [-0.15, -0.1) is 0 Å². The van der Waals surface area contributed by atoms with Crippen molar-refractivity contribution in [3.05, 3.63) is 18.3 Å². The van der Waals surface area contributed by atoms with Crippen molar-refractivity contribution in [1.82, 2.24) is 15.2 Å². The van der Waals surface area contributed by atoms with Crippen molar-refractivity contribution in [3.63, 3.8) is 0 Å². The summed E-state index contributed by atoms with van der Waals surface area (Å²) in [6.07, 6.45) is 2.42. The number of carbonyl (C=O) groups is 2. The number of nitrogens with zero attached hydrogens (tertiary/aromatic N) is 2. The van der Waals surface area contributed by atoms with Crippen molar-refractivity contribution in [2.24, 2.45) is 0 Å². The van der Waals surface area contributed by atoms with Crippen LogP contribution in [0.2, 0.25) is 0 Å².